The second-order valence-electron chi connectivity index (χ2n) is 4.11. The molecule has 1 aromatic rings. The lowest BCUT2D eigenvalue weighted by molar-refractivity contribution is 0.0696. The van der Waals surface area contributed by atoms with Crippen molar-refractivity contribution < 1.29 is 24.1 Å². The molecule has 0 aliphatic carbocycles. The minimum absolute atomic E-state index is 0.0541. The van der Waals surface area contributed by atoms with Crippen LogP contribution in [0, 0.1) is 0 Å². The molecular formula is C14H19ClO5. The van der Waals surface area contributed by atoms with Crippen LogP contribution in [0.1, 0.15) is 30.1 Å². The fraction of sp³-hybridized carbons (Fsp3) is 0.500. The molecule has 0 aliphatic heterocycles. The van der Waals surface area contributed by atoms with Crippen LogP contribution in [-0.2, 0) is 4.74 Å². The number of hydrogen-bond acceptors (Lipinski definition) is 4. The van der Waals surface area contributed by atoms with Crippen LogP contribution in [0.3, 0.4) is 0 Å². The summed E-state index contributed by atoms with van der Waals surface area (Å²) >= 11 is 6.01. The van der Waals surface area contributed by atoms with Gasteiger partial charge in [0.15, 0.2) is 11.5 Å². The van der Waals surface area contributed by atoms with E-state index in [1.54, 1.807) is 0 Å². The van der Waals surface area contributed by atoms with Crippen LogP contribution in [0.15, 0.2) is 12.1 Å². The molecule has 0 radical (unpaired) electrons. The van der Waals surface area contributed by atoms with Gasteiger partial charge in [0.2, 0.25) is 0 Å². The van der Waals surface area contributed by atoms with Crippen LogP contribution in [0.4, 0.5) is 0 Å². The number of carbonyl (C=O) groups is 1. The van der Waals surface area contributed by atoms with Crippen LogP contribution < -0.4 is 9.47 Å². The Morgan fingerprint density at radius 3 is 2.65 bits per heavy atom. The van der Waals surface area contributed by atoms with Crippen LogP contribution in [0.25, 0.3) is 0 Å². The molecule has 0 fully saturated rings. The van der Waals surface area contributed by atoms with Crippen molar-refractivity contribution in [1.29, 1.82) is 0 Å². The molecule has 1 aromatic carbocycles. The first kappa shape index (κ1) is 16.6. The van der Waals surface area contributed by atoms with Gasteiger partial charge in [-0.05, 0) is 18.6 Å². The van der Waals surface area contributed by atoms with Gasteiger partial charge in [0.25, 0.3) is 0 Å². The highest BCUT2D eigenvalue weighted by Gasteiger charge is 2.15. The number of carboxylic acid groups (broad SMARTS) is 1. The van der Waals surface area contributed by atoms with Crippen LogP contribution in [0.5, 0.6) is 11.5 Å². The average Bonchev–Trinajstić information content (AvgIpc) is 2.43. The summed E-state index contributed by atoms with van der Waals surface area (Å²) in [6.45, 7) is 3.56. The molecular weight excluding hydrogens is 284 g/mol. The Bertz CT molecular complexity index is 447. The third-order valence-electron chi connectivity index (χ3n) is 2.59. The summed E-state index contributed by atoms with van der Waals surface area (Å²) < 4.78 is 16.0. The first-order chi connectivity index (χ1) is 9.60. The number of aromatic carboxylic acids is 1. The van der Waals surface area contributed by atoms with Crippen molar-refractivity contribution in [1.82, 2.24) is 0 Å². The van der Waals surface area contributed by atoms with Crippen molar-refractivity contribution in [2.75, 3.05) is 26.9 Å². The summed E-state index contributed by atoms with van der Waals surface area (Å²) in [6, 6.07) is 2.71. The lowest BCUT2D eigenvalue weighted by atomic mass is 10.2. The van der Waals surface area contributed by atoms with E-state index in [1.165, 1.54) is 19.2 Å². The smallest absolute Gasteiger partial charge is 0.335 e. The highest BCUT2D eigenvalue weighted by atomic mass is 35.5. The highest BCUT2D eigenvalue weighted by molar-refractivity contribution is 6.32. The largest absolute Gasteiger partial charge is 0.493 e. The lowest BCUT2D eigenvalue weighted by Crippen LogP contribution is -2.09. The summed E-state index contributed by atoms with van der Waals surface area (Å²) in [7, 11) is 1.43. The van der Waals surface area contributed by atoms with E-state index < -0.39 is 5.97 Å². The van der Waals surface area contributed by atoms with Gasteiger partial charge in [-0.1, -0.05) is 24.9 Å². The Kier molecular flexibility index (Phi) is 7.18. The van der Waals surface area contributed by atoms with Crippen molar-refractivity contribution in [2.24, 2.45) is 0 Å². The van der Waals surface area contributed by atoms with E-state index in [0.717, 1.165) is 12.8 Å². The number of ether oxygens (including phenoxy) is 3. The van der Waals surface area contributed by atoms with Gasteiger partial charge in [0.1, 0.15) is 6.61 Å². The molecule has 5 nitrogen and oxygen atoms in total. The molecule has 1 rings (SSSR count). The predicted molar refractivity (Wildman–Crippen MR) is 76.2 cm³/mol. The minimum Gasteiger partial charge on any atom is -0.493 e. The van der Waals surface area contributed by atoms with Gasteiger partial charge in [0, 0.05) is 6.61 Å². The van der Waals surface area contributed by atoms with E-state index in [9.17, 15) is 4.79 Å². The van der Waals surface area contributed by atoms with Crippen molar-refractivity contribution in [3.8, 4) is 11.5 Å². The Hall–Kier alpha value is -1.46. The highest BCUT2D eigenvalue weighted by Crippen LogP contribution is 2.36. The number of unbranched alkanes of at least 4 members (excludes halogenated alkanes) is 1. The first-order valence-electron chi connectivity index (χ1n) is 6.41. The Labute approximate surface area is 123 Å². The molecule has 0 aliphatic rings. The standard InChI is InChI=1S/C14H19ClO5/c1-3-4-5-19-6-7-20-13-11(15)8-10(14(16)17)9-12(13)18-2/h8-9H,3-7H2,1-2H3,(H,16,17). The zero-order valence-corrected chi connectivity index (χ0v) is 12.4. The fourth-order valence-electron chi connectivity index (χ4n) is 1.53. The zero-order valence-electron chi connectivity index (χ0n) is 11.6. The van der Waals surface area contributed by atoms with Crippen LogP contribution in [-0.4, -0.2) is 38.0 Å². The summed E-state index contributed by atoms with van der Waals surface area (Å²) in [4.78, 5) is 10.9. The van der Waals surface area contributed by atoms with Gasteiger partial charge in [-0.3, -0.25) is 0 Å². The summed E-state index contributed by atoms with van der Waals surface area (Å²) in [5.41, 5.74) is 0.0541. The van der Waals surface area contributed by atoms with Crippen molar-refractivity contribution in [3.05, 3.63) is 22.7 Å². The minimum atomic E-state index is -1.07. The molecule has 0 amide bonds. The molecule has 112 valence electrons. The number of benzene rings is 1. The molecule has 0 spiro atoms. The maximum Gasteiger partial charge on any atom is 0.335 e. The third kappa shape index (κ3) is 4.90. The molecule has 0 bridgehead atoms. The number of carboxylic acids is 1. The van der Waals surface area contributed by atoms with Gasteiger partial charge in [-0.25, -0.2) is 4.79 Å². The fourth-order valence-corrected chi connectivity index (χ4v) is 1.80. The molecule has 0 atom stereocenters. The maximum atomic E-state index is 10.9. The van der Waals surface area contributed by atoms with Gasteiger partial charge in [0.05, 0.1) is 24.3 Å². The quantitative estimate of drug-likeness (QED) is 0.709. The zero-order chi connectivity index (χ0) is 15.0. The second kappa shape index (κ2) is 8.66. The molecule has 0 unspecified atom stereocenters. The van der Waals surface area contributed by atoms with E-state index in [2.05, 4.69) is 6.92 Å². The summed E-state index contributed by atoms with van der Waals surface area (Å²) in [5.74, 6) is -0.443. The number of halogens is 1. The number of methoxy groups -OCH3 is 1. The summed E-state index contributed by atoms with van der Waals surface area (Å²) in [5, 5.41) is 9.15. The lowest BCUT2D eigenvalue weighted by Gasteiger charge is -2.13. The molecule has 0 aromatic heterocycles. The number of hydrogen-bond donors (Lipinski definition) is 1. The molecule has 0 heterocycles. The number of rotatable bonds is 9. The average molecular weight is 303 g/mol. The molecule has 1 N–H and O–H groups in total. The van der Waals surface area contributed by atoms with Crippen LogP contribution in [0.2, 0.25) is 5.02 Å². The van der Waals surface area contributed by atoms with Crippen molar-refractivity contribution in [3.63, 3.8) is 0 Å². The van der Waals surface area contributed by atoms with Gasteiger partial charge >= 0.3 is 5.97 Å². The van der Waals surface area contributed by atoms with Crippen LogP contribution >= 0.6 is 11.6 Å². The Morgan fingerprint density at radius 1 is 1.30 bits per heavy atom. The van der Waals surface area contributed by atoms with Gasteiger partial charge in [-0.15, -0.1) is 0 Å². The van der Waals surface area contributed by atoms with E-state index >= 15 is 0 Å². The van der Waals surface area contributed by atoms with Gasteiger partial charge in [-0.2, -0.15) is 0 Å². The second-order valence-corrected chi connectivity index (χ2v) is 4.52. The normalized spacial score (nSPS) is 10.3. The predicted octanol–water partition coefficient (Wildman–Crippen LogP) is 3.24. The van der Waals surface area contributed by atoms with Crippen molar-refractivity contribution in [2.45, 2.75) is 19.8 Å². The Balaban J connectivity index is 2.62. The summed E-state index contributed by atoms with van der Waals surface area (Å²) in [6.07, 6.45) is 2.09. The van der Waals surface area contributed by atoms with Gasteiger partial charge < -0.3 is 19.3 Å². The molecule has 20 heavy (non-hydrogen) atoms. The molecule has 0 saturated heterocycles. The van der Waals surface area contributed by atoms with E-state index in [4.69, 9.17) is 30.9 Å². The van der Waals surface area contributed by atoms with E-state index in [1.807, 2.05) is 0 Å². The molecule has 6 heteroatoms. The SMILES string of the molecule is CCCCOCCOc1c(Cl)cc(C(=O)O)cc1OC. The topological polar surface area (TPSA) is 65.0 Å². The first-order valence-corrected chi connectivity index (χ1v) is 6.79. The Morgan fingerprint density at radius 2 is 2.05 bits per heavy atom. The third-order valence-corrected chi connectivity index (χ3v) is 2.87. The monoisotopic (exact) mass is 302 g/mol. The van der Waals surface area contributed by atoms with E-state index in [0.29, 0.717) is 31.3 Å². The van der Waals surface area contributed by atoms with Crippen molar-refractivity contribution >= 4 is 17.6 Å². The maximum absolute atomic E-state index is 10.9. The molecule has 0 saturated carbocycles. The van der Waals surface area contributed by atoms with E-state index in [-0.39, 0.29) is 10.6 Å².